The molecule has 1 rings (SSSR count). The van der Waals surface area contributed by atoms with Crippen molar-refractivity contribution < 1.29 is 0 Å². The zero-order valence-corrected chi connectivity index (χ0v) is 9.19. The summed E-state index contributed by atoms with van der Waals surface area (Å²) in [6.07, 6.45) is 3.64. The first-order valence-electron chi connectivity index (χ1n) is 4.53. The number of aromatic nitrogens is 2. The molecule has 0 bridgehead atoms. The first kappa shape index (κ1) is 10.6. The van der Waals surface area contributed by atoms with Gasteiger partial charge in [0.1, 0.15) is 0 Å². The Morgan fingerprint density at radius 3 is 2.85 bits per heavy atom. The van der Waals surface area contributed by atoms with Gasteiger partial charge in [-0.2, -0.15) is 0 Å². The van der Waals surface area contributed by atoms with Gasteiger partial charge in [0.25, 0.3) is 0 Å². The number of thioether (sulfide) groups is 1. The summed E-state index contributed by atoms with van der Waals surface area (Å²) in [6, 6.07) is 0.551. The summed E-state index contributed by atoms with van der Waals surface area (Å²) < 4.78 is 0. The molecule has 1 aromatic heterocycles. The second kappa shape index (κ2) is 5.29. The van der Waals surface area contributed by atoms with Crippen molar-refractivity contribution in [1.29, 1.82) is 0 Å². The molecule has 0 aromatic carbocycles. The first-order chi connectivity index (χ1) is 6.24. The van der Waals surface area contributed by atoms with Crippen LogP contribution in [0, 0.1) is 5.92 Å². The second-order valence-corrected chi connectivity index (χ2v) is 4.35. The Labute approximate surface area is 83.7 Å². The highest BCUT2D eigenvalue weighted by Gasteiger charge is 2.11. The minimum absolute atomic E-state index is 0.551. The molecule has 1 heterocycles. The van der Waals surface area contributed by atoms with Crippen LogP contribution in [0.2, 0.25) is 0 Å². The van der Waals surface area contributed by atoms with Crippen molar-refractivity contribution in [3.05, 3.63) is 12.4 Å². The predicted octanol–water partition coefficient (Wildman–Crippen LogP) is 1.75. The van der Waals surface area contributed by atoms with Gasteiger partial charge >= 0.3 is 0 Å². The van der Waals surface area contributed by atoms with Crippen molar-refractivity contribution in [1.82, 2.24) is 15.3 Å². The Morgan fingerprint density at radius 1 is 1.62 bits per heavy atom. The number of nitrogens with zero attached hydrogens (tertiary/aromatic N) is 1. The van der Waals surface area contributed by atoms with Gasteiger partial charge in [-0.05, 0) is 13.0 Å². The number of aromatic amines is 1. The summed E-state index contributed by atoms with van der Waals surface area (Å²) in [6.45, 7) is 4.45. The summed E-state index contributed by atoms with van der Waals surface area (Å²) in [5, 5.41) is 4.30. The van der Waals surface area contributed by atoms with Crippen molar-refractivity contribution in [2.45, 2.75) is 25.0 Å². The first-order valence-corrected chi connectivity index (χ1v) is 5.52. The maximum Gasteiger partial charge on any atom is 0.165 e. The minimum Gasteiger partial charge on any atom is -0.340 e. The molecule has 0 saturated carbocycles. The third kappa shape index (κ3) is 3.40. The highest BCUT2D eigenvalue weighted by molar-refractivity contribution is 7.99. The van der Waals surface area contributed by atoms with Gasteiger partial charge in [0.15, 0.2) is 5.16 Å². The molecule has 13 heavy (non-hydrogen) atoms. The van der Waals surface area contributed by atoms with E-state index in [0.29, 0.717) is 12.0 Å². The van der Waals surface area contributed by atoms with Crippen molar-refractivity contribution in [3.63, 3.8) is 0 Å². The van der Waals surface area contributed by atoms with Gasteiger partial charge in [-0.3, -0.25) is 0 Å². The molecule has 2 N–H and O–H groups in total. The molecule has 3 nitrogen and oxygen atoms in total. The van der Waals surface area contributed by atoms with Crippen LogP contribution in [0.15, 0.2) is 17.6 Å². The topological polar surface area (TPSA) is 40.7 Å². The van der Waals surface area contributed by atoms with E-state index in [4.69, 9.17) is 0 Å². The zero-order valence-electron chi connectivity index (χ0n) is 8.37. The van der Waals surface area contributed by atoms with Crippen LogP contribution < -0.4 is 5.32 Å². The lowest BCUT2D eigenvalue weighted by atomic mass is 10.1. The van der Waals surface area contributed by atoms with Crippen LogP contribution in [0.5, 0.6) is 0 Å². The van der Waals surface area contributed by atoms with Gasteiger partial charge in [0.05, 0.1) is 0 Å². The molecule has 4 heteroatoms. The van der Waals surface area contributed by atoms with Crippen LogP contribution in [0.3, 0.4) is 0 Å². The van der Waals surface area contributed by atoms with Crippen LogP contribution in [0.4, 0.5) is 0 Å². The highest BCUT2D eigenvalue weighted by atomic mass is 32.2. The molecule has 74 valence electrons. The zero-order chi connectivity index (χ0) is 9.68. The molecule has 1 unspecified atom stereocenters. The number of H-pyrrole nitrogens is 1. The molecular formula is C9H17N3S. The lowest BCUT2D eigenvalue weighted by Gasteiger charge is -2.18. The van der Waals surface area contributed by atoms with E-state index in [9.17, 15) is 0 Å². The smallest absolute Gasteiger partial charge is 0.165 e. The van der Waals surface area contributed by atoms with Crippen LogP contribution in [-0.2, 0) is 0 Å². The van der Waals surface area contributed by atoms with Crippen molar-refractivity contribution in [3.8, 4) is 0 Å². The quantitative estimate of drug-likeness (QED) is 0.710. The average molecular weight is 199 g/mol. The molecule has 0 aliphatic rings. The molecule has 0 amide bonds. The molecular weight excluding hydrogens is 182 g/mol. The molecule has 0 aliphatic heterocycles. The molecule has 0 fully saturated rings. The van der Waals surface area contributed by atoms with E-state index in [2.05, 4.69) is 29.1 Å². The summed E-state index contributed by atoms with van der Waals surface area (Å²) in [5.41, 5.74) is 0. The summed E-state index contributed by atoms with van der Waals surface area (Å²) in [5.74, 6) is 1.72. The Morgan fingerprint density at radius 2 is 2.38 bits per heavy atom. The average Bonchev–Trinajstić information content (AvgIpc) is 2.57. The van der Waals surface area contributed by atoms with E-state index in [-0.39, 0.29) is 0 Å². The Kier molecular flexibility index (Phi) is 4.32. The lowest BCUT2D eigenvalue weighted by Crippen LogP contribution is -2.32. The fourth-order valence-electron chi connectivity index (χ4n) is 1.11. The van der Waals surface area contributed by atoms with E-state index in [1.54, 1.807) is 18.0 Å². The lowest BCUT2D eigenvalue weighted by molar-refractivity contribution is 0.465. The Balaban J connectivity index is 2.32. The van der Waals surface area contributed by atoms with Crippen molar-refractivity contribution >= 4 is 11.8 Å². The van der Waals surface area contributed by atoms with E-state index < -0.39 is 0 Å². The SMILES string of the molecule is CNC(CSc1ncc[nH]1)C(C)C. The number of hydrogen-bond donors (Lipinski definition) is 2. The Bertz CT molecular complexity index is 221. The largest absolute Gasteiger partial charge is 0.340 e. The van der Waals surface area contributed by atoms with E-state index >= 15 is 0 Å². The summed E-state index contributed by atoms with van der Waals surface area (Å²) >= 11 is 1.76. The molecule has 1 atom stereocenters. The predicted molar refractivity (Wildman–Crippen MR) is 57.0 cm³/mol. The molecule has 0 saturated heterocycles. The normalized spacial score (nSPS) is 13.5. The van der Waals surface area contributed by atoms with E-state index in [0.717, 1.165) is 10.9 Å². The fraction of sp³-hybridized carbons (Fsp3) is 0.667. The maximum atomic E-state index is 4.16. The number of nitrogens with one attached hydrogen (secondary N) is 2. The second-order valence-electron chi connectivity index (χ2n) is 3.34. The molecule has 1 aromatic rings. The van der Waals surface area contributed by atoms with Crippen LogP contribution in [0.25, 0.3) is 0 Å². The van der Waals surface area contributed by atoms with Gasteiger partial charge in [-0.1, -0.05) is 25.6 Å². The maximum absolute atomic E-state index is 4.16. The third-order valence-electron chi connectivity index (χ3n) is 2.05. The standard InChI is InChI=1S/C9H17N3S/c1-7(2)8(10-3)6-13-9-11-4-5-12-9/h4-5,7-8,10H,6H2,1-3H3,(H,11,12). The van der Waals surface area contributed by atoms with Gasteiger partial charge < -0.3 is 10.3 Å². The molecule has 0 spiro atoms. The number of rotatable bonds is 5. The molecule has 0 aliphatic carbocycles. The van der Waals surface area contributed by atoms with Gasteiger partial charge in [0, 0.05) is 24.2 Å². The summed E-state index contributed by atoms with van der Waals surface area (Å²) in [4.78, 5) is 7.24. The van der Waals surface area contributed by atoms with Crippen LogP contribution in [-0.4, -0.2) is 28.8 Å². The number of hydrogen-bond acceptors (Lipinski definition) is 3. The third-order valence-corrected chi connectivity index (χ3v) is 3.07. The highest BCUT2D eigenvalue weighted by Crippen LogP contribution is 2.15. The van der Waals surface area contributed by atoms with Crippen molar-refractivity contribution in [2.75, 3.05) is 12.8 Å². The Hall–Kier alpha value is -0.480. The molecule has 0 radical (unpaired) electrons. The minimum atomic E-state index is 0.551. The fourth-order valence-corrected chi connectivity index (χ4v) is 2.28. The van der Waals surface area contributed by atoms with Crippen LogP contribution >= 0.6 is 11.8 Å². The monoisotopic (exact) mass is 199 g/mol. The van der Waals surface area contributed by atoms with Crippen LogP contribution in [0.1, 0.15) is 13.8 Å². The number of imidazole rings is 1. The van der Waals surface area contributed by atoms with E-state index in [1.807, 2.05) is 13.2 Å². The summed E-state index contributed by atoms with van der Waals surface area (Å²) in [7, 11) is 2.01. The van der Waals surface area contributed by atoms with Gasteiger partial charge in [-0.15, -0.1) is 0 Å². The van der Waals surface area contributed by atoms with Gasteiger partial charge in [0.2, 0.25) is 0 Å². The van der Waals surface area contributed by atoms with Gasteiger partial charge in [-0.25, -0.2) is 4.98 Å². The van der Waals surface area contributed by atoms with E-state index in [1.165, 1.54) is 0 Å². The van der Waals surface area contributed by atoms with Crippen molar-refractivity contribution in [2.24, 2.45) is 5.92 Å².